The van der Waals surface area contributed by atoms with E-state index < -0.39 is 10.5 Å². The highest BCUT2D eigenvalue weighted by molar-refractivity contribution is 5.58. The fourth-order valence-corrected chi connectivity index (χ4v) is 1.50. The van der Waals surface area contributed by atoms with Crippen LogP contribution in [0.1, 0.15) is 27.2 Å². The molecule has 0 fully saturated rings. The van der Waals surface area contributed by atoms with E-state index in [1.807, 2.05) is 20.8 Å². The predicted octanol–water partition coefficient (Wildman–Crippen LogP) is 2.57. The van der Waals surface area contributed by atoms with Crippen molar-refractivity contribution < 1.29 is 14.8 Å². The first kappa shape index (κ1) is 15.2. The molecule has 1 rings (SSSR count). The van der Waals surface area contributed by atoms with Crippen LogP contribution in [0.2, 0.25) is 0 Å². The number of aliphatic hydroxyl groups excluding tert-OH is 1. The molecule has 0 aliphatic carbocycles. The number of nitrogens with zero attached hydrogens (tertiary/aromatic N) is 1. The van der Waals surface area contributed by atoms with Crippen molar-refractivity contribution in [3.8, 4) is 5.75 Å². The van der Waals surface area contributed by atoms with Crippen molar-refractivity contribution in [1.82, 2.24) is 0 Å². The second-order valence-corrected chi connectivity index (χ2v) is 4.96. The first-order valence-corrected chi connectivity index (χ1v) is 6.20. The van der Waals surface area contributed by atoms with Gasteiger partial charge in [0.2, 0.25) is 0 Å². The zero-order chi connectivity index (χ0) is 14.5. The molecule has 1 aromatic rings. The van der Waals surface area contributed by atoms with Gasteiger partial charge in [0.15, 0.2) is 5.75 Å². The number of anilines is 1. The zero-order valence-electron chi connectivity index (χ0n) is 11.5. The number of nitrogens with one attached hydrogen (secondary N) is 1. The fourth-order valence-electron chi connectivity index (χ4n) is 1.50. The van der Waals surface area contributed by atoms with E-state index in [1.54, 1.807) is 12.1 Å². The maximum Gasteiger partial charge on any atom is 0.311 e. The Morgan fingerprint density at radius 3 is 2.68 bits per heavy atom. The molecule has 1 aromatic carbocycles. The summed E-state index contributed by atoms with van der Waals surface area (Å²) in [5, 5.41) is 23.2. The van der Waals surface area contributed by atoms with Crippen molar-refractivity contribution in [2.24, 2.45) is 0 Å². The summed E-state index contributed by atoms with van der Waals surface area (Å²) in [5.74, 6) is 0.241. The molecule has 0 heterocycles. The van der Waals surface area contributed by atoms with E-state index in [4.69, 9.17) is 4.74 Å². The second kappa shape index (κ2) is 6.38. The molecule has 0 aromatic heterocycles. The summed E-state index contributed by atoms with van der Waals surface area (Å²) in [6, 6.07) is 4.60. The van der Waals surface area contributed by atoms with Crippen molar-refractivity contribution in [2.45, 2.75) is 32.7 Å². The summed E-state index contributed by atoms with van der Waals surface area (Å²) in [6.07, 6.45) is 0.775. The highest BCUT2D eigenvalue weighted by Gasteiger charge is 2.19. The molecule has 0 saturated carbocycles. The average molecular weight is 268 g/mol. The molecule has 0 spiro atoms. The number of hydrogen-bond acceptors (Lipinski definition) is 5. The third kappa shape index (κ3) is 4.40. The maximum atomic E-state index is 10.9. The normalized spacial score (nSPS) is 11.2. The Labute approximate surface area is 112 Å². The van der Waals surface area contributed by atoms with Crippen LogP contribution in [0.25, 0.3) is 0 Å². The average Bonchev–Trinajstić information content (AvgIpc) is 2.35. The van der Waals surface area contributed by atoms with Gasteiger partial charge in [-0.15, -0.1) is 0 Å². The predicted molar refractivity (Wildman–Crippen MR) is 73.7 cm³/mol. The zero-order valence-corrected chi connectivity index (χ0v) is 11.5. The van der Waals surface area contributed by atoms with Gasteiger partial charge < -0.3 is 15.2 Å². The van der Waals surface area contributed by atoms with E-state index in [0.29, 0.717) is 12.3 Å². The lowest BCUT2D eigenvalue weighted by Gasteiger charge is -2.25. The fraction of sp³-hybridized carbons (Fsp3) is 0.538. The van der Waals surface area contributed by atoms with Gasteiger partial charge in [-0.25, -0.2) is 0 Å². The Balaban J connectivity index is 3.00. The summed E-state index contributed by atoms with van der Waals surface area (Å²) in [5.41, 5.74) is 0.120. The third-order valence-electron chi connectivity index (χ3n) is 2.50. The van der Waals surface area contributed by atoms with Crippen LogP contribution in [0, 0.1) is 10.1 Å². The number of nitro groups is 1. The number of aliphatic hydroxyl groups is 1. The van der Waals surface area contributed by atoms with E-state index in [0.717, 1.165) is 6.42 Å². The lowest BCUT2D eigenvalue weighted by atomic mass is 10.1. The van der Waals surface area contributed by atoms with E-state index in [2.05, 4.69) is 5.32 Å². The molecule has 106 valence electrons. The van der Waals surface area contributed by atoms with E-state index in [9.17, 15) is 15.2 Å². The quantitative estimate of drug-likeness (QED) is 0.586. The van der Waals surface area contributed by atoms with Crippen LogP contribution in [0.15, 0.2) is 18.2 Å². The summed E-state index contributed by atoms with van der Waals surface area (Å²) >= 11 is 0. The SMILES string of the molecule is CCCOc1cc(NC(C)(C)CO)ccc1[N+](=O)[O-]. The van der Waals surface area contributed by atoms with Crippen molar-refractivity contribution in [1.29, 1.82) is 0 Å². The smallest absolute Gasteiger partial charge is 0.311 e. The lowest BCUT2D eigenvalue weighted by molar-refractivity contribution is -0.385. The first-order chi connectivity index (χ1) is 8.89. The third-order valence-corrected chi connectivity index (χ3v) is 2.50. The topological polar surface area (TPSA) is 84.6 Å². The minimum absolute atomic E-state index is 0.0465. The van der Waals surface area contributed by atoms with Gasteiger partial charge in [0.1, 0.15) is 0 Å². The monoisotopic (exact) mass is 268 g/mol. The molecular weight excluding hydrogens is 248 g/mol. The Bertz CT molecular complexity index is 446. The first-order valence-electron chi connectivity index (χ1n) is 6.20. The molecule has 0 bridgehead atoms. The minimum Gasteiger partial charge on any atom is -0.487 e. The van der Waals surface area contributed by atoms with Gasteiger partial charge in [0.25, 0.3) is 0 Å². The largest absolute Gasteiger partial charge is 0.487 e. The molecule has 6 nitrogen and oxygen atoms in total. The van der Waals surface area contributed by atoms with Crippen LogP contribution >= 0.6 is 0 Å². The van der Waals surface area contributed by atoms with Crippen molar-refractivity contribution >= 4 is 11.4 Å². The van der Waals surface area contributed by atoms with E-state index >= 15 is 0 Å². The van der Waals surface area contributed by atoms with Crippen molar-refractivity contribution in [2.75, 3.05) is 18.5 Å². The Hall–Kier alpha value is -1.82. The molecule has 0 aliphatic heterocycles. The number of hydrogen-bond donors (Lipinski definition) is 2. The molecule has 0 aliphatic rings. The molecule has 0 saturated heterocycles. The van der Waals surface area contributed by atoms with Gasteiger partial charge in [0, 0.05) is 17.8 Å². The Morgan fingerprint density at radius 2 is 2.16 bits per heavy atom. The van der Waals surface area contributed by atoms with E-state index in [1.165, 1.54) is 6.07 Å². The summed E-state index contributed by atoms with van der Waals surface area (Å²) in [6.45, 7) is 5.98. The molecule has 0 radical (unpaired) electrons. The van der Waals surface area contributed by atoms with Crippen LogP contribution < -0.4 is 10.1 Å². The second-order valence-electron chi connectivity index (χ2n) is 4.96. The van der Waals surface area contributed by atoms with Crippen LogP contribution in [0.4, 0.5) is 11.4 Å². The van der Waals surface area contributed by atoms with Gasteiger partial charge in [-0.1, -0.05) is 6.92 Å². The number of ether oxygens (including phenoxy) is 1. The standard InChI is InChI=1S/C13H20N2O4/c1-4-7-19-12-8-10(14-13(2,3)9-16)5-6-11(12)15(17)18/h5-6,8,14,16H,4,7,9H2,1-3H3. The molecular formula is C13H20N2O4. The van der Waals surface area contributed by atoms with Gasteiger partial charge in [-0.3, -0.25) is 10.1 Å². The van der Waals surface area contributed by atoms with Gasteiger partial charge in [-0.05, 0) is 26.3 Å². The van der Waals surface area contributed by atoms with Crippen LogP contribution in [0.3, 0.4) is 0 Å². The highest BCUT2D eigenvalue weighted by Crippen LogP contribution is 2.31. The Morgan fingerprint density at radius 1 is 1.47 bits per heavy atom. The molecule has 19 heavy (non-hydrogen) atoms. The van der Waals surface area contributed by atoms with Crippen LogP contribution in [-0.4, -0.2) is 28.8 Å². The summed E-state index contributed by atoms with van der Waals surface area (Å²) < 4.78 is 5.39. The Kier molecular flexibility index (Phi) is 5.11. The van der Waals surface area contributed by atoms with Gasteiger partial charge >= 0.3 is 5.69 Å². The van der Waals surface area contributed by atoms with Crippen molar-refractivity contribution in [3.05, 3.63) is 28.3 Å². The van der Waals surface area contributed by atoms with Crippen LogP contribution in [-0.2, 0) is 0 Å². The maximum absolute atomic E-state index is 10.9. The van der Waals surface area contributed by atoms with Crippen molar-refractivity contribution in [3.63, 3.8) is 0 Å². The molecule has 0 atom stereocenters. The molecule has 2 N–H and O–H groups in total. The summed E-state index contributed by atoms with van der Waals surface area (Å²) in [4.78, 5) is 10.4. The van der Waals surface area contributed by atoms with E-state index in [-0.39, 0.29) is 18.0 Å². The van der Waals surface area contributed by atoms with Crippen LogP contribution in [0.5, 0.6) is 5.75 Å². The number of nitro benzene ring substituents is 1. The molecule has 0 amide bonds. The minimum atomic E-state index is -0.502. The summed E-state index contributed by atoms with van der Waals surface area (Å²) in [7, 11) is 0. The number of rotatable bonds is 7. The highest BCUT2D eigenvalue weighted by atomic mass is 16.6. The number of benzene rings is 1. The lowest BCUT2D eigenvalue weighted by Crippen LogP contribution is -2.34. The van der Waals surface area contributed by atoms with Gasteiger partial charge in [0.05, 0.1) is 23.7 Å². The molecule has 6 heteroatoms. The molecule has 0 unspecified atom stereocenters. The van der Waals surface area contributed by atoms with Gasteiger partial charge in [-0.2, -0.15) is 0 Å².